The number of ether oxygens (including phenoxy) is 2. The third-order valence-electron chi connectivity index (χ3n) is 2.58. The average Bonchev–Trinajstić information content (AvgIpc) is 2.44. The second-order valence-corrected chi connectivity index (χ2v) is 4.17. The van der Waals surface area contributed by atoms with E-state index in [0.29, 0.717) is 12.2 Å². The van der Waals surface area contributed by atoms with Crippen molar-refractivity contribution in [1.82, 2.24) is 0 Å². The lowest BCUT2D eigenvalue weighted by molar-refractivity contribution is 0.0450. The van der Waals surface area contributed by atoms with Crippen LogP contribution in [0.25, 0.3) is 0 Å². The summed E-state index contributed by atoms with van der Waals surface area (Å²) in [5.74, 6) is 0.453. The largest absolute Gasteiger partial charge is 0.490 e. The highest BCUT2D eigenvalue weighted by Crippen LogP contribution is 2.08. The number of para-hydroxylation sites is 1. The summed E-state index contributed by atoms with van der Waals surface area (Å²) in [5.41, 5.74) is 1.61. The van der Waals surface area contributed by atoms with Crippen LogP contribution in [-0.4, -0.2) is 19.2 Å². The first-order valence-corrected chi connectivity index (χ1v) is 6.17. The van der Waals surface area contributed by atoms with Crippen LogP contribution in [-0.2, 0) is 4.74 Å². The SMILES string of the molecule is Cc1cccc(C(=O)OCCOc2ccccc2)c1. The zero-order valence-electron chi connectivity index (χ0n) is 10.8. The van der Waals surface area contributed by atoms with Crippen LogP contribution in [0.15, 0.2) is 54.6 Å². The Morgan fingerprint density at radius 1 is 1.00 bits per heavy atom. The number of hydrogen-bond acceptors (Lipinski definition) is 3. The van der Waals surface area contributed by atoms with E-state index in [9.17, 15) is 4.79 Å². The van der Waals surface area contributed by atoms with Gasteiger partial charge >= 0.3 is 5.97 Å². The molecule has 0 radical (unpaired) electrons. The first-order valence-electron chi connectivity index (χ1n) is 6.17. The van der Waals surface area contributed by atoms with Crippen LogP contribution in [0.4, 0.5) is 0 Å². The number of carbonyl (C=O) groups excluding carboxylic acids is 1. The molecule has 0 heterocycles. The van der Waals surface area contributed by atoms with Crippen LogP contribution >= 0.6 is 0 Å². The Kier molecular flexibility index (Phi) is 4.56. The van der Waals surface area contributed by atoms with E-state index in [1.165, 1.54) is 0 Å². The lowest BCUT2D eigenvalue weighted by Crippen LogP contribution is -2.12. The van der Waals surface area contributed by atoms with Crippen LogP contribution < -0.4 is 4.74 Å². The minimum atomic E-state index is -0.319. The van der Waals surface area contributed by atoms with Gasteiger partial charge in [0.05, 0.1) is 5.56 Å². The Morgan fingerprint density at radius 2 is 1.79 bits per heavy atom. The van der Waals surface area contributed by atoms with E-state index in [0.717, 1.165) is 11.3 Å². The Morgan fingerprint density at radius 3 is 2.53 bits per heavy atom. The van der Waals surface area contributed by atoms with Crippen LogP contribution in [0, 0.1) is 6.92 Å². The molecule has 2 aromatic carbocycles. The minimum absolute atomic E-state index is 0.238. The second-order valence-electron chi connectivity index (χ2n) is 4.17. The molecule has 0 fully saturated rings. The lowest BCUT2D eigenvalue weighted by atomic mass is 10.1. The van der Waals surface area contributed by atoms with Crippen LogP contribution in [0.1, 0.15) is 15.9 Å². The molecule has 2 rings (SSSR count). The summed E-state index contributed by atoms with van der Waals surface area (Å²) >= 11 is 0. The van der Waals surface area contributed by atoms with Gasteiger partial charge in [-0.25, -0.2) is 4.79 Å². The van der Waals surface area contributed by atoms with Gasteiger partial charge in [0.25, 0.3) is 0 Å². The molecule has 0 aliphatic carbocycles. The smallest absolute Gasteiger partial charge is 0.338 e. The topological polar surface area (TPSA) is 35.5 Å². The number of esters is 1. The van der Waals surface area contributed by atoms with Gasteiger partial charge < -0.3 is 9.47 Å². The van der Waals surface area contributed by atoms with Crippen LogP contribution in [0.3, 0.4) is 0 Å². The number of hydrogen-bond donors (Lipinski definition) is 0. The molecular formula is C16H16O3. The van der Waals surface area contributed by atoms with E-state index in [1.54, 1.807) is 12.1 Å². The Bertz CT molecular complexity index is 535. The highest BCUT2D eigenvalue weighted by molar-refractivity contribution is 5.89. The highest BCUT2D eigenvalue weighted by atomic mass is 16.6. The minimum Gasteiger partial charge on any atom is -0.490 e. The molecule has 3 heteroatoms. The number of rotatable bonds is 5. The summed E-state index contributed by atoms with van der Waals surface area (Å²) in [4.78, 5) is 11.7. The van der Waals surface area contributed by atoms with E-state index < -0.39 is 0 Å². The van der Waals surface area contributed by atoms with Crippen molar-refractivity contribution in [3.05, 3.63) is 65.7 Å². The van der Waals surface area contributed by atoms with E-state index in [4.69, 9.17) is 9.47 Å². The molecule has 0 spiro atoms. The van der Waals surface area contributed by atoms with Gasteiger partial charge in [-0.15, -0.1) is 0 Å². The van der Waals surface area contributed by atoms with Gasteiger partial charge in [0.1, 0.15) is 19.0 Å². The predicted molar refractivity (Wildman–Crippen MR) is 73.4 cm³/mol. The van der Waals surface area contributed by atoms with Gasteiger partial charge in [-0.05, 0) is 31.2 Å². The van der Waals surface area contributed by atoms with Crippen molar-refractivity contribution in [3.8, 4) is 5.75 Å². The monoisotopic (exact) mass is 256 g/mol. The quantitative estimate of drug-likeness (QED) is 0.608. The summed E-state index contributed by atoms with van der Waals surface area (Å²) in [7, 11) is 0. The molecule has 3 nitrogen and oxygen atoms in total. The molecule has 0 saturated carbocycles. The van der Waals surface area contributed by atoms with Crippen LogP contribution in [0.5, 0.6) is 5.75 Å². The van der Waals surface area contributed by atoms with E-state index in [1.807, 2.05) is 49.4 Å². The first kappa shape index (κ1) is 13.1. The van der Waals surface area contributed by atoms with Gasteiger partial charge in [-0.3, -0.25) is 0 Å². The van der Waals surface area contributed by atoms with Crippen molar-refractivity contribution in [2.75, 3.05) is 13.2 Å². The average molecular weight is 256 g/mol. The molecule has 98 valence electrons. The van der Waals surface area contributed by atoms with Gasteiger partial charge in [0, 0.05) is 0 Å². The first-order chi connectivity index (χ1) is 9.25. The maximum absolute atomic E-state index is 11.7. The Balaban J connectivity index is 1.75. The molecule has 2 aromatic rings. The molecule has 0 N–H and O–H groups in total. The fraction of sp³-hybridized carbons (Fsp3) is 0.188. The number of carbonyl (C=O) groups is 1. The number of benzene rings is 2. The predicted octanol–water partition coefficient (Wildman–Crippen LogP) is 3.23. The molecule has 19 heavy (non-hydrogen) atoms. The summed E-state index contributed by atoms with van der Waals surface area (Å²) in [6.45, 7) is 2.53. The van der Waals surface area contributed by atoms with E-state index >= 15 is 0 Å². The Hall–Kier alpha value is -2.29. The van der Waals surface area contributed by atoms with Crippen molar-refractivity contribution in [2.45, 2.75) is 6.92 Å². The third kappa shape index (κ3) is 4.14. The molecule has 0 aliphatic rings. The van der Waals surface area contributed by atoms with Crippen molar-refractivity contribution < 1.29 is 14.3 Å². The lowest BCUT2D eigenvalue weighted by Gasteiger charge is -2.07. The van der Waals surface area contributed by atoms with Crippen molar-refractivity contribution in [2.24, 2.45) is 0 Å². The molecule has 0 amide bonds. The molecule has 0 unspecified atom stereocenters. The molecular weight excluding hydrogens is 240 g/mol. The van der Waals surface area contributed by atoms with Gasteiger partial charge in [0.2, 0.25) is 0 Å². The summed E-state index contributed by atoms with van der Waals surface area (Å²) in [5, 5.41) is 0. The molecule has 0 bridgehead atoms. The highest BCUT2D eigenvalue weighted by Gasteiger charge is 2.06. The molecule has 0 aromatic heterocycles. The van der Waals surface area contributed by atoms with Gasteiger partial charge in [-0.2, -0.15) is 0 Å². The van der Waals surface area contributed by atoms with Crippen molar-refractivity contribution >= 4 is 5.97 Å². The maximum Gasteiger partial charge on any atom is 0.338 e. The molecule has 0 atom stereocenters. The van der Waals surface area contributed by atoms with E-state index in [-0.39, 0.29) is 12.6 Å². The van der Waals surface area contributed by atoms with Crippen LogP contribution in [0.2, 0.25) is 0 Å². The molecule has 0 aliphatic heterocycles. The fourth-order valence-electron chi connectivity index (χ4n) is 1.67. The third-order valence-corrected chi connectivity index (χ3v) is 2.58. The maximum atomic E-state index is 11.7. The van der Waals surface area contributed by atoms with Gasteiger partial charge in [-0.1, -0.05) is 35.9 Å². The zero-order chi connectivity index (χ0) is 13.5. The van der Waals surface area contributed by atoms with Crippen molar-refractivity contribution in [3.63, 3.8) is 0 Å². The second kappa shape index (κ2) is 6.59. The summed E-state index contributed by atoms with van der Waals surface area (Å²) in [6.07, 6.45) is 0. The summed E-state index contributed by atoms with van der Waals surface area (Å²) < 4.78 is 10.6. The summed E-state index contributed by atoms with van der Waals surface area (Å²) in [6, 6.07) is 16.8. The van der Waals surface area contributed by atoms with Gasteiger partial charge in [0.15, 0.2) is 0 Å². The molecule has 0 saturated heterocycles. The number of aryl methyl sites for hydroxylation is 1. The fourth-order valence-corrected chi connectivity index (χ4v) is 1.67. The standard InChI is InChI=1S/C16H16O3/c1-13-6-5-7-14(12-13)16(17)19-11-10-18-15-8-3-2-4-9-15/h2-9,12H,10-11H2,1H3. The zero-order valence-corrected chi connectivity index (χ0v) is 10.8. The normalized spacial score (nSPS) is 9.95. The van der Waals surface area contributed by atoms with E-state index in [2.05, 4.69) is 0 Å². The Labute approximate surface area is 112 Å². The van der Waals surface area contributed by atoms with Crippen molar-refractivity contribution in [1.29, 1.82) is 0 Å².